The first kappa shape index (κ1) is 23.5. The Morgan fingerprint density at radius 3 is 2.47 bits per heavy atom. The minimum absolute atomic E-state index is 0.0320. The molecule has 0 saturated heterocycles. The number of aromatic amines is 1. The number of aromatic nitrogens is 1. The van der Waals surface area contributed by atoms with Crippen LogP contribution in [0, 0.1) is 6.92 Å². The summed E-state index contributed by atoms with van der Waals surface area (Å²) in [7, 11) is 1.65. The van der Waals surface area contributed by atoms with E-state index in [1.165, 1.54) is 0 Å². The Morgan fingerprint density at radius 2 is 1.76 bits per heavy atom. The van der Waals surface area contributed by atoms with Gasteiger partial charge in [0.15, 0.2) is 5.11 Å². The van der Waals surface area contributed by atoms with Gasteiger partial charge in [-0.2, -0.15) is 0 Å². The number of fused-ring (bicyclic) bond motifs is 1. The van der Waals surface area contributed by atoms with Crippen LogP contribution in [0.2, 0.25) is 0 Å². The van der Waals surface area contributed by atoms with Crippen LogP contribution in [0.1, 0.15) is 35.2 Å². The lowest BCUT2D eigenvalue weighted by Gasteiger charge is -2.28. The predicted octanol–water partition coefficient (Wildman–Crippen LogP) is 5.48. The van der Waals surface area contributed by atoms with Crippen LogP contribution in [0.5, 0.6) is 5.75 Å². The highest BCUT2D eigenvalue weighted by molar-refractivity contribution is 7.80. The third kappa shape index (κ3) is 5.64. The molecule has 6 heteroatoms. The lowest BCUT2D eigenvalue weighted by atomic mass is 10.1. The summed E-state index contributed by atoms with van der Waals surface area (Å²) in [5.74, 6) is 0.801. The van der Waals surface area contributed by atoms with Gasteiger partial charge in [-0.25, -0.2) is 0 Å². The molecular formula is C28H29N3O2S. The van der Waals surface area contributed by atoms with E-state index in [0.717, 1.165) is 33.3 Å². The number of hydrogen-bond acceptors (Lipinski definition) is 3. The van der Waals surface area contributed by atoms with Crippen LogP contribution in [0.4, 0.5) is 0 Å². The van der Waals surface area contributed by atoms with Gasteiger partial charge in [0.05, 0.1) is 19.7 Å². The van der Waals surface area contributed by atoms with E-state index in [1.807, 2.05) is 72.5 Å². The van der Waals surface area contributed by atoms with Crippen molar-refractivity contribution in [3.05, 3.63) is 111 Å². The number of pyridine rings is 1. The van der Waals surface area contributed by atoms with Crippen molar-refractivity contribution in [1.82, 2.24) is 15.2 Å². The number of ether oxygens (including phenoxy) is 1. The number of methoxy groups -OCH3 is 1. The molecule has 0 aliphatic carbocycles. The van der Waals surface area contributed by atoms with Crippen molar-refractivity contribution >= 4 is 28.2 Å². The fourth-order valence-corrected chi connectivity index (χ4v) is 4.25. The van der Waals surface area contributed by atoms with Gasteiger partial charge in [-0.3, -0.25) is 4.79 Å². The highest BCUT2D eigenvalue weighted by atomic mass is 32.1. The van der Waals surface area contributed by atoms with Gasteiger partial charge in [0.1, 0.15) is 5.75 Å². The Bertz CT molecular complexity index is 1330. The second-order valence-corrected chi connectivity index (χ2v) is 8.89. The van der Waals surface area contributed by atoms with E-state index >= 15 is 0 Å². The van der Waals surface area contributed by atoms with Crippen molar-refractivity contribution in [1.29, 1.82) is 0 Å². The quantitative estimate of drug-likeness (QED) is 0.350. The Hall–Kier alpha value is -3.64. The largest absolute Gasteiger partial charge is 0.497 e. The van der Waals surface area contributed by atoms with Crippen molar-refractivity contribution in [2.45, 2.75) is 33.0 Å². The number of rotatable bonds is 7. The van der Waals surface area contributed by atoms with Crippen LogP contribution in [-0.2, 0) is 13.1 Å². The maximum Gasteiger partial charge on any atom is 0.253 e. The maximum absolute atomic E-state index is 12.9. The molecule has 0 aliphatic rings. The van der Waals surface area contributed by atoms with E-state index < -0.39 is 0 Å². The highest BCUT2D eigenvalue weighted by Crippen LogP contribution is 2.18. The van der Waals surface area contributed by atoms with Crippen LogP contribution in [0.15, 0.2) is 83.7 Å². The smallest absolute Gasteiger partial charge is 0.253 e. The minimum Gasteiger partial charge on any atom is -0.497 e. The van der Waals surface area contributed by atoms with Gasteiger partial charge in [0.2, 0.25) is 0 Å². The Kier molecular flexibility index (Phi) is 7.28. The first-order valence-electron chi connectivity index (χ1n) is 11.3. The van der Waals surface area contributed by atoms with Crippen molar-refractivity contribution in [2.75, 3.05) is 7.11 Å². The maximum atomic E-state index is 12.9. The van der Waals surface area contributed by atoms with E-state index in [9.17, 15) is 4.79 Å². The fraction of sp³-hybridized carbons (Fsp3) is 0.214. The van der Waals surface area contributed by atoms with Crippen LogP contribution in [-0.4, -0.2) is 22.1 Å². The molecule has 0 amide bonds. The average Bonchev–Trinajstić information content (AvgIpc) is 2.85. The standard InChI is InChI=1S/C28H29N3O2S/c1-19-9-14-26-23(15-19)16-24(27(32)30-26)18-31(17-21-10-12-25(33-3)13-11-21)28(34)29-20(2)22-7-5-4-6-8-22/h4-16,20H,17-18H2,1-3H3,(H,29,34)(H,30,32)/t20-/m0/s1. The van der Waals surface area contributed by atoms with Gasteiger partial charge in [-0.15, -0.1) is 0 Å². The minimum atomic E-state index is -0.102. The molecule has 0 unspecified atom stereocenters. The molecule has 0 bridgehead atoms. The second kappa shape index (κ2) is 10.5. The molecule has 1 heterocycles. The number of thiocarbonyl (C=S) groups is 1. The normalized spacial score (nSPS) is 11.7. The van der Waals surface area contributed by atoms with Crippen LogP contribution in [0.3, 0.4) is 0 Å². The lowest BCUT2D eigenvalue weighted by molar-refractivity contribution is 0.390. The van der Waals surface area contributed by atoms with E-state index in [-0.39, 0.29) is 11.6 Å². The van der Waals surface area contributed by atoms with E-state index in [0.29, 0.717) is 23.8 Å². The molecule has 0 aliphatic heterocycles. The zero-order chi connectivity index (χ0) is 24.1. The third-order valence-corrected chi connectivity index (χ3v) is 6.27. The van der Waals surface area contributed by atoms with Crippen molar-refractivity contribution in [3.63, 3.8) is 0 Å². The summed E-state index contributed by atoms with van der Waals surface area (Å²) < 4.78 is 5.29. The molecule has 0 spiro atoms. The molecule has 3 aromatic carbocycles. The van der Waals surface area contributed by atoms with Crippen LogP contribution < -0.4 is 15.6 Å². The van der Waals surface area contributed by atoms with Crippen molar-refractivity contribution in [2.24, 2.45) is 0 Å². The molecule has 1 atom stereocenters. The number of nitrogens with one attached hydrogen (secondary N) is 2. The van der Waals surface area contributed by atoms with Gasteiger partial charge in [0.25, 0.3) is 5.56 Å². The van der Waals surface area contributed by atoms with Gasteiger partial charge in [0, 0.05) is 17.6 Å². The zero-order valence-corrected chi connectivity index (χ0v) is 20.5. The van der Waals surface area contributed by atoms with Gasteiger partial charge < -0.3 is 19.9 Å². The Labute approximate surface area is 205 Å². The average molecular weight is 472 g/mol. The summed E-state index contributed by atoms with van der Waals surface area (Å²) in [5, 5.41) is 5.05. The van der Waals surface area contributed by atoms with E-state index in [1.54, 1.807) is 7.11 Å². The topological polar surface area (TPSA) is 57.4 Å². The molecule has 4 aromatic rings. The Morgan fingerprint density at radius 1 is 1.03 bits per heavy atom. The molecule has 0 radical (unpaired) electrons. The summed E-state index contributed by atoms with van der Waals surface area (Å²) in [6.45, 7) is 5.07. The number of hydrogen-bond donors (Lipinski definition) is 2. The molecule has 34 heavy (non-hydrogen) atoms. The third-order valence-electron chi connectivity index (χ3n) is 5.90. The molecular weight excluding hydrogens is 442 g/mol. The summed E-state index contributed by atoms with van der Waals surface area (Å²) in [5.41, 5.74) is 4.77. The molecule has 2 N–H and O–H groups in total. The van der Waals surface area contributed by atoms with Gasteiger partial charge in [-0.05, 0) is 72.9 Å². The summed E-state index contributed by atoms with van der Waals surface area (Å²) >= 11 is 5.84. The summed E-state index contributed by atoms with van der Waals surface area (Å²) in [6.07, 6.45) is 0. The monoisotopic (exact) mass is 471 g/mol. The van der Waals surface area contributed by atoms with Crippen molar-refractivity contribution < 1.29 is 4.74 Å². The number of H-pyrrole nitrogens is 1. The molecule has 4 rings (SSSR count). The first-order chi connectivity index (χ1) is 16.4. The summed E-state index contributed by atoms with van der Waals surface area (Å²) in [4.78, 5) is 17.9. The number of aryl methyl sites for hydroxylation is 1. The van der Waals surface area contributed by atoms with E-state index in [2.05, 4.69) is 35.4 Å². The van der Waals surface area contributed by atoms with Crippen LogP contribution in [0.25, 0.3) is 10.9 Å². The molecule has 5 nitrogen and oxygen atoms in total. The SMILES string of the molecule is COc1ccc(CN(Cc2cc3cc(C)ccc3[nH]c2=O)C(=S)N[C@@H](C)c2ccccc2)cc1. The molecule has 1 aromatic heterocycles. The lowest BCUT2D eigenvalue weighted by Crippen LogP contribution is -2.41. The van der Waals surface area contributed by atoms with Crippen LogP contribution >= 0.6 is 12.2 Å². The molecule has 0 fully saturated rings. The number of nitrogens with zero attached hydrogens (tertiary/aromatic N) is 1. The Balaban J connectivity index is 1.62. The van der Waals surface area contributed by atoms with Crippen molar-refractivity contribution in [3.8, 4) is 5.75 Å². The molecule has 0 saturated carbocycles. The number of benzene rings is 3. The predicted molar refractivity (Wildman–Crippen MR) is 142 cm³/mol. The molecule has 174 valence electrons. The van der Waals surface area contributed by atoms with Gasteiger partial charge >= 0.3 is 0 Å². The van der Waals surface area contributed by atoms with E-state index in [4.69, 9.17) is 17.0 Å². The zero-order valence-electron chi connectivity index (χ0n) is 19.7. The summed E-state index contributed by atoms with van der Waals surface area (Å²) in [6, 6.07) is 26.1. The van der Waals surface area contributed by atoms with Gasteiger partial charge in [-0.1, -0.05) is 54.1 Å². The second-order valence-electron chi connectivity index (χ2n) is 8.50. The highest BCUT2D eigenvalue weighted by Gasteiger charge is 2.17. The fourth-order valence-electron chi connectivity index (χ4n) is 3.95. The first-order valence-corrected chi connectivity index (χ1v) is 11.7.